The first-order chi connectivity index (χ1) is 8.18. The van der Waals surface area contributed by atoms with Crippen LogP contribution in [0.15, 0.2) is 42.6 Å². The Kier molecular flexibility index (Phi) is 1.89. The number of benzene rings is 1. The maximum Gasteiger partial charge on any atom is 0.286 e. The van der Waals surface area contributed by atoms with Crippen LogP contribution in [0.1, 0.15) is 0 Å². The van der Waals surface area contributed by atoms with E-state index in [1.54, 1.807) is 12.1 Å². The molecule has 3 rings (SSSR count). The third-order valence-corrected chi connectivity index (χ3v) is 2.97. The van der Waals surface area contributed by atoms with E-state index in [0.717, 1.165) is 16.7 Å². The molecule has 2 heterocycles. The van der Waals surface area contributed by atoms with Crippen molar-refractivity contribution >= 4 is 22.4 Å². The highest BCUT2D eigenvalue weighted by Crippen LogP contribution is 2.20. The van der Waals surface area contributed by atoms with Gasteiger partial charge in [-0.05, 0) is 12.1 Å². The van der Waals surface area contributed by atoms with Crippen LogP contribution in [0.3, 0.4) is 0 Å². The lowest BCUT2D eigenvalue weighted by Crippen LogP contribution is -2.18. The topological polar surface area (TPSA) is 52.2 Å². The third kappa shape index (κ3) is 1.29. The van der Waals surface area contributed by atoms with Crippen LogP contribution in [0.5, 0.6) is 0 Å². The zero-order chi connectivity index (χ0) is 12.0. The van der Waals surface area contributed by atoms with Gasteiger partial charge in [-0.25, -0.2) is 4.57 Å². The summed E-state index contributed by atoms with van der Waals surface area (Å²) in [5.74, 6) is 0. The summed E-state index contributed by atoms with van der Waals surface area (Å²) >= 11 is 0. The number of hydrogen-bond donors (Lipinski definition) is 0. The maximum atomic E-state index is 10.8. The van der Waals surface area contributed by atoms with Gasteiger partial charge in [-0.3, -0.25) is 10.1 Å². The molecule has 1 aromatic carbocycles. The van der Waals surface area contributed by atoms with Crippen LogP contribution in [0.2, 0.25) is 0 Å². The first kappa shape index (κ1) is 9.77. The summed E-state index contributed by atoms with van der Waals surface area (Å²) in [5, 5.41) is 10.8. The zero-order valence-corrected chi connectivity index (χ0v) is 9.20. The van der Waals surface area contributed by atoms with Crippen LogP contribution >= 0.6 is 0 Å². The number of fused-ring (bicyclic) bond motifs is 3. The Morgan fingerprint density at radius 1 is 1.29 bits per heavy atom. The number of nitrogens with zero attached hydrogens (tertiary/aromatic N) is 3. The molecule has 84 valence electrons. The third-order valence-electron chi connectivity index (χ3n) is 2.97. The minimum absolute atomic E-state index is 0.115. The number of nitro groups is 1. The minimum Gasteiger partial charge on any atom is -0.258 e. The Morgan fingerprint density at radius 3 is 2.88 bits per heavy atom. The molecule has 0 amide bonds. The summed E-state index contributed by atoms with van der Waals surface area (Å²) in [4.78, 5) is 10.4. The molecule has 0 aliphatic rings. The summed E-state index contributed by atoms with van der Waals surface area (Å²) in [6, 6.07) is 10.8. The fourth-order valence-corrected chi connectivity index (χ4v) is 2.13. The Morgan fingerprint density at radius 2 is 2.12 bits per heavy atom. The molecule has 0 atom stereocenters. The van der Waals surface area contributed by atoms with Crippen LogP contribution in [0.4, 0.5) is 5.69 Å². The van der Waals surface area contributed by atoms with E-state index in [9.17, 15) is 10.1 Å². The van der Waals surface area contributed by atoms with Crippen molar-refractivity contribution in [3.63, 3.8) is 0 Å². The van der Waals surface area contributed by atoms with Crippen LogP contribution < -0.4 is 4.40 Å². The van der Waals surface area contributed by atoms with E-state index in [1.165, 1.54) is 6.07 Å². The maximum absolute atomic E-state index is 10.8. The van der Waals surface area contributed by atoms with E-state index in [2.05, 4.69) is 0 Å². The highest BCUT2D eigenvalue weighted by molar-refractivity contribution is 5.78. The molecule has 0 radical (unpaired) electrons. The normalized spacial score (nSPS) is 11.1. The molecule has 0 spiro atoms. The standard InChI is InChI=1S/C12H10N3O2/c1-13-11-8-9(15(16)17)5-6-10(11)14-7-3-2-4-12(13)14/h2-8H,1H3/q+1. The average molecular weight is 228 g/mol. The largest absolute Gasteiger partial charge is 0.286 e. The lowest BCUT2D eigenvalue weighted by Gasteiger charge is -1.89. The Bertz CT molecular complexity index is 746. The van der Waals surface area contributed by atoms with Gasteiger partial charge in [0, 0.05) is 12.1 Å². The predicted molar refractivity (Wildman–Crippen MR) is 62.7 cm³/mol. The van der Waals surface area contributed by atoms with Crippen molar-refractivity contribution in [2.45, 2.75) is 0 Å². The van der Waals surface area contributed by atoms with Crippen molar-refractivity contribution in [1.29, 1.82) is 0 Å². The number of hydrogen-bond acceptors (Lipinski definition) is 2. The fourth-order valence-electron chi connectivity index (χ4n) is 2.13. The van der Waals surface area contributed by atoms with Crippen molar-refractivity contribution in [3.05, 3.63) is 52.7 Å². The summed E-state index contributed by atoms with van der Waals surface area (Å²) in [6.07, 6.45) is 1.95. The number of aromatic nitrogens is 2. The first-order valence-corrected chi connectivity index (χ1v) is 5.22. The van der Waals surface area contributed by atoms with E-state index < -0.39 is 0 Å². The Hall–Kier alpha value is -2.43. The van der Waals surface area contributed by atoms with Gasteiger partial charge in [0.25, 0.3) is 11.3 Å². The first-order valence-electron chi connectivity index (χ1n) is 5.22. The van der Waals surface area contributed by atoms with E-state index in [-0.39, 0.29) is 10.6 Å². The van der Waals surface area contributed by atoms with E-state index in [1.807, 2.05) is 40.4 Å². The van der Waals surface area contributed by atoms with E-state index in [0.29, 0.717) is 0 Å². The minimum atomic E-state index is -0.373. The highest BCUT2D eigenvalue weighted by atomic mass is 16.6. The second-order valence-electron chi connectivity index (χ2n) is 3.92. The van der Waals surface area contributed by atoms with Gasteiger partial charge < -0.3 is 0 Å². The van der Waals surface area contributed by atoms with Crippen molar-refractivity contribution in [2.24, 2.45) is 7.05 Å². The molecule has 0 saturated heterocycles. The lowest BCUT2D eigenvalue weighted by molar-refractivity contribution is -0.481. The number of aryl methyl sites for hydroxylation is 1. The molecule has 2 aromatic heterocycles. The molecule has 0 unspecified atom stereocenters. The summed E-state index contributed by atoms with van der Waals surface area (Å²) in [6.45, 7) is 0. The fraction of sp³-hybridized carbons (Fsp3) is 0.0833. The van der Waals surface area contributed by atoms with Crippen LogP contribution in [-0.2, 0) is 7.05 Å². The summed E-state index contributed by atoms with van der Waals surface area (Å²) in [7, 11) is 1.90. The molecule has 0 aliphatic heterocycles. The van der Waals surface area contributed by atoms with Gasteiger partial charge in [0.1, 0.15) is 0 Å². The zero-order valence-electron chi connectivity index (χ0n) is 9.20. The SMILES string of the molecule is Cn1c2cc([N+](=O)[O-])ccc2[n+]2ccccc12. The van der Waals surface area contributed by atoms with Gasteiger partial charge in [-0.1, -0.05) is 6.07 Å². The molecule has 0 fully saturated rings. The average Bonchev–Trinajstić information content (AvgIpc) is 2.64. The smallest absolute Gasteiger partial charge is 0.258 e. The second-order valence-corrected chi connectivity index (χ2v) is 3.92. The lowest BCUT2D eigenvalue weighted by atomic mass is 10.3. The van der Waals surface area contributed by atoms with Gasteiger partial charge in [0.05, 0.1) is 24.2 Å². The van der Waals surface area contributed by atoms with Gasteiger partial charge in [0.2, 0.25) is 0 Å². The number of imidazole rings is 1. The van der Waals surface area contributed by atoms with Crippen LogP contribution in [0.25, 0.3) is 16.7 Å². The van der Waals surface area contributed by atoms with Crippen LogP contribution in [0, 0.1) is 10.1 Å². The Labute approximate surface area is 96.7 Å². The quantitative estimate of drug-likeness (QED) is 0.362. The number of non-ortho nitro benzene ring substituents is 1. The van der Waals surface area contributed by atoms with Gasteiger partial charge >= 0.3 is 0 Å². The highest BCUT2D eigenvalue weighted by Gasteiger charge is 2.18. The number of nitro benzene ring substituents is 1. The monoisotopic (exact) mass is 228 g/mol. The molecule has 3 aromatic rings. The molecule has 0 bridgehead atoms. The molecule has 0 saturated carbocycles. The molecular formula is C12H10N3O2+. The summed E-state index contributed by atoms with van der Waals surface area (Å²) in [5.41, 5.74) is 2.94. The van der Waals surface area contributed by atoms with Crippen molar-refractivity contribution in [3.8, 4) is 0 Å². The van der Waals surface area contributed by atoms with Gasteiger partial charge in [-0.2, -0.15) is 4.40 Å². The molecule has 5 heteroatoms. The van der Waals surface area contributed by atoms with Crippen molar-refractivity contribution in [2.75, 3.05) is 0 Å². The van der Waals surface area contributed by atoms with Crippen LogP contribution in [-0.4, -0.2) is 9.49 Å². The second kappa shape index (κ2) is 3.28. The molecule has 0 aliphatic carbocycles. The Balaban J connectivity index is 2.49. The summed E-state index contributed by atoms with van der Waals surface area (Å²) < 4.78 is 3.96. The molecule has 0 N–H and O–H groups in total. The molecular weight excluding hydrogens is 218 g/mol. The number of pyridine rings is 1. The number of rotatable bonds is 1. The predicted octanol–water partition coefficient (Wildman–Crippen LogP) is 1.83. The van der Waals surface area contributed by atoms with Gasteiger partial charge in [-0.15, -0.1) is 0 Å². The molecule has 5 nitrogen and oxygen atoms in total. The van der Waals surface area contributed by atoms with E-state index in [4.69, 9.17) is 0 Å². The van der Waals surface area contributed by atoms with Crippen molar-refractivity contribution < 1.29 is 9.32 Å². The van der Waals surface area contributed by atoms with Gasteiger partial charge in [0.15, 0.2) is 11.0 Å². The van der Waals surface area contributed by atoms with E-state index >= 15 is 0 Å². The molecule has 17 heavy (non-hydrogen) atoms. The van der Waals surface area contributed by atoms with Crippen molar-refractivity contribution in [1.82, 2.24) is 4.57 Å².